The number of halogens is 1. The van der Waals surface area contributed by atoms with E-state index in [2.05, 4.69) is 15.0 Å². The van der Waals surface area contributed by atoms with Gasteiger partial charge >= 0.3 is 6.01 Å². The number of benzene rings is 1. The van der Waals surface area contributed by atoms with Crippen LogP contribution in [0.1, 0.15) is 13.8 Å². The molecule has 0 spiro atoms. The molecule has 0 saturated carbocycles. The summed E-state index contributed by atoms with van der Waals surface area (Å²) in [6.45, 7) is 3.78. The van der Waals surface area contributed by atoms with Crippen LogP contribution in [0.4, 0.5) is 0 Å². The molecule has 0 bridgehead atoms. The van der Waals surface area contributed by atoms with E-state index < -0.39 is 0 Å². The van der Waals surface area contributed by atoms with Gasteiger partial charge in [0.05, 0.1) is 18.8 Å². The number of ether oxygens (including phenoxy) is 2. The number of aromatic nitrogens is 3. The van der Waals surface area contributed by atoms with E-state index in [-0.39, 0.29) is 17.4 Å². The highest BCUT2D eigenvalue weighted by Gasteiger charge is 2.12. The monoisotopic (exact) mass is 279 g/mol. The zero-order chi connectivity index (χ0) is 13.8. The summed E-state index contributed by atoms with van der Waals surface area (Å²) in [5, 5.41) is 0.0894. The number of methoxy groups -OCH3 is 1. The molecule has 0 amide bonds. The average Bonchev–Trinajstić information content (AvgIpc) is 2.37. The Kier molecular flexibility index (Phi) is 4.16. The van der Waals surface area contributed by atoms with Crippen LogP contribution in [0.5, 0.6) is 11.8 Å². The molecular weight excluding hydrogens is 266 g/mol. The molecule has 1 aromatic heterocycles. The second-order valence-electron chi connectivity index (χ2n) is 4.08. The highest BCUT2D eigenvalue weighted by molar-refractivity contribution is 6.28. The smallest absolute Gasteiger partial charge is 0.321 e. The molecule has 0 aliphatic heterocycles. The topological polar surface area (TPSA) is 57.1 Å². The van der Waals surface area contributed by atoms with Crippen molar-refractivity contribution < 1.29 is 9.47 Å². The molecule has 1 aromatic carbocycles. The first-order valence-corrected chi connectivity index (χ1v) is 6.19. The fraction of sp³-hybridized carbons (Fsp3) is 0.308. The van der Waals surface area contributed by atoms with Gasteiger partial charge in [-0.3, -0.25) is 0 Å². The molecule has 0 saturated heterocycles. The van der Waals surface area contributed by atoms with Crippen molar-refractivity contribution in [2.45, 2.75) is 20.0 Å². The summed E-state index contributed by atoms with van der Waals surface area (Å²) in [5.74, 6) is 1.09. The molecule has 19 heavy (non-hydrogen) atoms. The number of rotatable bonds is 4. The van der Waals surface area contributed by atoms with E-state index in [9.17, 15) is 0 Å². The molecule has 1 heterocycles. The van der Waals surface area contributed by atoms with Crippen LogP contribution < -0.4 is 9.47 Å². The third-order valence-corrected chi connectivity index (χ3v) is 2.45. The summed E-state index contributed by atoms with van der Waals surface area (Å²) >= 11 is 5.90. The Morgan fingerprint density at radius 3 is 2.53 bits per heavy atom. The molecule has 2 rings (SSSR count). The van der Waals surface area contributed by atoms with Crippen LogP contribution in [0.15, 0.2) is 24.3 Å². The van der Waals surface area contributed by atoms with Crippen LogP contribution >= 0.6 is 11.6 Å². The molecule has 0 unspecified atom stereocenters. The summed E-state index contributed by atoms with van der Waals surface area (Å²) in [4.78, 5) is 12.3. The van der Waals surface area contributed by atoms with Crippen molar-refractivity contribution in [3.63, 3.8) is 0 Å². The first kappa shape index (κ1) is 13.5. The van der Waals surface area contributed by atoms with Crippen molar-refractivity contribution in [3.8, 4) is 23.1 Å². The van der Waals surface area contributed by atoms with E-state index in [0.29, 0.717) is 11.6 Å². The Balaban J connectivity index is 2.47. The van der Waals surface area contributed by atoms with E-state index in [1.54, 1.807) is 7.11 Å². The maximum atomic E-state index is 5.90. The molecule has 0 radical (unpaired) electrons. The zero-order valence-corrected chi connectivity index (χ0v) is 11.7. The average molecular weight is 280 g/mol. The quantitative estimate of drug-likeness (QED) is 0.861. The van der Waals surface area contributed by atoms with Gasteiger partial charge in [-0.2, -0.15) is 15.0 Å². The second-order valence-corrected chi connectivity index (χ2v) is 4.42. The van der Waals surface area contributed by atoms with Crippen molar-refractivity contribution in [3.05, 3.63) is 29.5 Å². The van der Waals surface area contributed by atoms with E-state index >= 15 is 0 Å². The van der Waals surface area contributed by atoms with Gasteiger partial charge < -0.3 is 9.47 Å². The largest absolute Gasteiger partial charge is 0.496 e. The summed E-state index contributed by atoms with van der Waals surface area (Å²) < 4.78 is 10.7. The standard InChI is InChI=1S/C13H14ClN3O2/c1-8(2)19-13-16-11(15-12(14)17-13)9-6-4-5-7-10(9)18-3/h4-8H,1-3H3. The Bertz CT molecular complexity index is 576. The maximum Gasteiger partial charge on any atom is 0.321 e. The number of para-hydroxylation sites is 1. The van der Waals surface area contributed by atoms with Gasteiger partial charge in [-0.15, -0.1) is 0 Å². The molecule has 2 aromatic rings. The van der Waals surface area contributed by atoms with Crippen molar-refractivity contribution >= 4 is 11.6 Å². The van der Waals surface area contributed by atoms with Crippen molar-refractivity contribution in [2.24, 2.45) is 0 Å². The first-order valence-electron chi connectivity index (χ1n) is 5.81. The van der Waals surface area contributed by atoms with Gasteiger partial charge in [0.15, 0.2) is 5.82 Å². The fourth-order valence-corrected chi connectivity index (χ4v) is 1.70. The molecule has 6 heteroatoms. The van der Waals surface area contributed by atoms with E-state index in [0.717, 1.165) is 5.56 Å². The normalized spacial score (nSPS) is 10.6. The zero-order valence-electron chi connectivity index (χ0n) is 10.9. The SMILES string of the molecule is COc1ccccc1-c1nc(Cl)nc(OC(C)C)n1. The minimum Gasteiger partial charge on any atom is -0.496 e. The van der Waals surface area contributed by atoms with Crippen LogP contribution in [0.2, 0.25) is 5.28 Å². The molecule has 0 atom stereocenters. The predicted octanol–water partition coefficient (Wildman–Crippen LogP) is 2.99. The van der Waals surface area contributed by atoms with Crippen molar-refractivity contribution in [1.82, 2.24) is 15.0 Å². The minimum atomic E-state index is -0.0380. The lowest BCUT2D eigenvalue weighted by atomic mass is 10.2. The Morgan fingerprint density at radius 1 is 1.11 bits per heavy atom. The summed E-state index contributed by atoms with van der Waals surface area (Å²) in [5.41, 5.74) is 0.739. The molecule has 0 aliphatic carbocycles. The Labute approximate surface area is 116 Å². The molecular formula is C13H14ClN3O2. The molecule has 100 valence electrons. The molecule has 5 nitrogen and oxygen atoms in total. The molecule has 0 N–H and O–H groups in total. The van der Waals surface area contributed by atoms with Crippen LogP contribution in [0.25, 0.3) is 11.4 Å². The van der Waals surface area contributed by atoms with E-state index in [1.165, 1.54) is 0 Å². The summed E-state index contributed by atoms with van der Waals surface area (Å²) in [6, 6.07) is 7.63. The predicted molar refractivity (Wildman–Crippen MR) is 72.6 cm³/mol. The van der Waals surface area contributed by atoms with Gasteiger partial charge in [0.2, 0.25) is 5.28 Å². The van der Waals surface area contributed by atoms with Gasteiger partial charge in [0.1, 0.15) is 5.75 Å². The van der Waals surface area contributed by atoms with Gasteiger partial charge in [0.25, 0.3) is 0 Å². The van der Waals surface area contributed by atoms with Crippen molar-refractivity contribution in [1.29, 1.82) is 0 Å². The van der Waals surface area contributed by atoms with Crippen LogP contribution in [-0.4, -0.2) is 28.2 Å². The first-order chi connectivity index (χ1) is 9.10. The van der Waals surface area contributed by atoms with E-state index in [1.807, 2.05) is 38.1 Å². The summed E-state index contributed by atoms with van der Waals surface area (Å²) in [6.07, 6.45) is -0.0380. The number of hydrogen-bond acceptors (Lipinski definition) is 5. The fourth-order valence-electron chi connectivity index (χ4n) is 1.55. The van der Waals surface area contributed by atoms with Crippen molar-refractivity contribution in [2.75, 3.05) is 7.11 Å². The van der Waals surface area contributed by atoms with Gasteiger partial charge in [-0.05, 0) is 37.6 Å². The lowest BCUT2D eigenvalue weighted by Gasteiger charge is -2.10. The Morgan fingerprint density at radius 2 is 1.84 bits per heavy atom. The summed E-state index contributed by atoms with van der Waals surface area (Å²) in [7, 11) is 1.59. The third kappa shape index (κ3) is 3.32. The molecule has 0 fully saturated rings. The van der Waals surface area contributed by atoms with Crippen LogP contribution in [0.3, 0.4) is 0 Å². The Hall–Kier alpha value is -1.88. The van der Waals surface area contributed by atoms with Crippen LogP contribution in [-0.2, 0) is 0 Å². The third-order valence-electron chi connectivity index (χ3n) is 2.28. The number of hydrogen-bond donors (Lipinski definition) is 0. The highest BCUT2D eigenvalue weighted by atomic mass is 35.5. The maximum absolute atomic E-state index is 5.90. The van der Waals surface area contributed by atoms with Gasteiger partial charge in [0, 0.05) is 0 Å². The number of nitrogens with zero attached hydrogens (tertiary/aromatic N) is 3. The van der Waals surface area contributed by atoms with Gasteiger partial charge in [-0.1, -0.05) is 12.1 Å². The van der Waals surface area contributed by atoms with Crippen LogP contribution in [0, 0.1) is 0 Å². The second kappa shape index (κ2) is 5.84. The molecule has 0 aliphatic rings. The van der Waals surface area contributed by atoms with E-state index in [4.69, 9.17) is 21.1 Å². The highest BCUT2D eigenvalue weighted by Crippen LogP contribution is 2.28. The lowest BCUT2D eigenvalue weighted by molar-refractivity contribution is 0.222. The van der Waals surface area contributed by atoms with Gasteiger partial charge in [-0.25, -0.2) is 0 Å². The lowest BCUT2D eigenvalue weighted by Crippen LogP contribution is -2.09. The minimum absolute atomic E-state index is 0.0380.